The molecule has 4 rings (SSSR count). The van der Waals surface area contributed by atoms with Gasteiger partial charge < -0.3 is 15.0 Å². The normalized spacial score (nSPS) is 24.2. The summed E-state index contributed by atoms with van der Waals surface area (Å²) in [6, 6.07) is 0.337. The van der Waals surface area contributed by atoms with Gasteiger partial charge in [-0.15, -0.1) is 10.2 Å². The molecule has 0 spiro atoms. The maximum atomic E-state index is 12.7. The van der Waals surface area contributed by atoms with Crippen LogP contribution in [-0.2, 0) is 16.1 Å². The fourth-order valence-electron chi connectivity index (χ4n) is 4.98. The highest BCUT2D eigenvalue weighted by Crippen LogP contribution is 2.28. The van der Waals surface area contributed by atoms with Crippen LogP contribution in [-0.4, -0.2) is 58.3 Å². The molecule has 1 atom stereocenters. The van der Waals surface area contributed by atoms with Gasteiger partial charge in [0, 0.05) is 25.7 Å². The highest BCUT2D eigenvalue weighted by atomic mass is 32.2. The summed E-state index contributed by atoms with van der Waals surface area (Å²) in [6.07, 6.45) is 13.4. The summed E-state index contributed by atoms with van der Waals surface area (Å²) >= 11 is 1.52. The molecule has 1 unspecified atom stereocenters. The quantitative estimate of drug-likeness (QED) is 0.634. The van der Waals surface area contributed by atoms with E-state index in [9.17, 15) is 4.79 Å². The number of aromatic nitrogens is 3. The van der Waals surface area contributed by atoms with Gasteiger partial charge in [-0.25, -0.2) is 0 Å². The molecule has 31 heavy (non-hydrogen) atoms. The molecule has 174 valence electrons. The number of nitrogens with zero attached hydrogens (tertiary/aromatic N) is 4. The minimum atomic E-state index is 0.121. The molecular weight excluding hydrogens is 410 g/mol. The third-order valence-electron chi connectivity index (χ3n) is 6.98. The van der Waals surface area contributed by atoms with E-state index in [4.69, 9.17) is 4.74 Å². The van der Waals surface area contributed by atoms with Gasteiger partial charge in [-0.3, -0.25) is 9.36 Å². The Morgan fingerprint density at radius 1 is 1.03 bits per heavy atom. The third-order valence-corrected chi connectivity index (χ3v) is 7.94. The lowest BCUT2D eigenvalue weighted by Crippen LogP contribution is -2.36. The first-order chi connectivity index (χ1) is 15.2. The minimum absolute atomic E-state index is 0.121. The molecule has 1 aliphatic carbocycles. The van der Waals surface area contributed by atoms with Crippen LogP contribution >= 0.6 is 11.8 Å². The van der Waals surface area contributed by atoms with Gasteiger partial charge >= 0.3 is 0 Å². The number of carbonyl (C=O) groups is 1. The predicted molar refractivity (Wildman–Crippen MR) is 125 cm³/mol. The summed E-state index contributed by atoms with van der Waals surface area (Å²) in [6.45, 7) is 6.00. The molecule has 3 fully saturated rings. The number of anilines is 1. The van der Waals surface area contributed by atoms with Crippen molar-refractivity contribution in [1.29, 1.82) is 0 Å². The maximum Gasteiger partial charge on any atom is 0.230 e. The standard InChI is InChI=1S/C23H39N5O2S/c1-18-11-13-27(14-12-18)22-25-26-23(28(22)16-20-10-7-15-30-20)31-17-21(29)24-19-8-5-3-2-4-6-9-19/h18-20H,2-17H2,1H3,(H,24,29). The summed E-state index contributed by atoms with van der Waals surface area (Å²) < 4.78 is 8.11. The van der Waals surface area contributed by atoms with Crippen molar-refractivity contribution in [2.75, 3.05) is 30.3 Å². The van der Waals surface area contributed by atoms with E-state index in [1.165, 1.54) is 56.7 Å². The molecule has 1 N–H and O–H groups in total. The molecule has 3 heterocycles. The Labute approximate surface area is 191 Å². The van der Waals surface area contributed by atoms with Crippen LogP contribution < -0.4 is 10.2 Å². The second kappa shape index (κ2) is 11.5. The van der Waals surface area contributed by atoms with E-state index >= 15 is 0 Å². The summed E-state index contributed by atoms with van der Waals surface area (Å²) in [7, 11) is 0. The highest BCUT2D eigenvalue weighted by Gasteiger charge is 2.26. The number of thioether (sulfide) groups is 1. The van der Waals surface area contributed by atoms with E-state index in [1.807, 2.05) is 0 Å². The second-order valence-electron chi connectivity index (χ2n) is 9.60. The zero-order valence-electron chi connectivity index (χ0n) is 19.1. The highest BCUT2D eigenvalue weighted by molar-refractivity contribution is 7.99. The van der Waals surface area contributed by atoms with Gasteiger partial charge in [-0.1, -0.05) is 50.8 Å². The maximum absolute atomic E-state index is 12.7. The minimum Gasteiger partial charge on any atom is -0.376 e. The van der Waals surface area contributed by atoms with Gasteiger partial charge in [0.15, 0.2) is 5.16 Å². The van der Waals surface area contributed by atoms with Crippen LogP contribution in [0.15, 0.2) is 5.16 Å². The molecule has 8 heteroatoms. The summed E-state index contributed by atoms with van der Waals surface area (Å²) in [5, 5.41) is 13.2. The van der Waals surface area contributed by atoms with Crippen molar-refractivity contribution in [3.8, 4) is 0 Å². The Balaban J connectivity index is 1.37. The Morgan fingerprint density at radius 3 is 2.48 bits per heavy atom. The molecule has 0 radical (unpaired) electrons. The molecule has 0 aromatic carbocycles. The SMILES string of the molecule is CC1CCN(c2nnc(SCC(=O)NC3CCCCCCC3)n2CC2CCCO2)CC1. The van der Waals surface area contributed by atoms with Gasteiger partial charge in [0.1, 0.15) is 0 Å². The van der Waals surface area contributed by atoms with E-state index in [0.29, 0.717) is 11.8 Å². The average Bonchev–Trinajstić information content (AvgIpc) is 3.40. The van der Waals surface area contributed by atoms with Crippen molar-refractivity contribution in [3.05, 3.63) is 0 Å². The van der Waals surface area contributed by atoms with Crippen molar-refractivity contribution in [2.45, 2.75) is 101 Å². The van der Waals surface area contributed by atoms with Crippen molar-refractivity contribution in [2.24, 2.45) is 5.92 Å². The lowest BCUT2D eigenvalue weighted by Gasteiger charge is -2.31. The number of ether oxygens (including phenoxy) is 1. The van der Waals surface area contributed by atoms with Crippen LogP contribution in [0.1, 0.15) is 77.6 Å². The molecule has 1 amide bonds. The number of rotatable bonds is 7. The molecule has 1 aromatic heterocycles. The number of amides is 1. The second-order valence-corrected chi connectivity index (χ2v) is 10.5. The van der Waals surface area contributed by atoms with E-state index in [0.717, 1.165) is 68.9 Å². The summed E-state index contributed by atoms with van der Waals surface area (Å²) in [5.74, 6) is 2.24. The number of hydrogen-bond acceptors (Lipinski definition) is 6. The molecule has 1 saturated carbocycles. The lowest BCUT2D eigenvalue weighted by atomic mass is 9.97. The third kappa shape index (κ3) is 6.60. The van der Waals surface area contributed by atoms with Gasteiger partial charge in [-0.2, -0.15) is 0 Å². The van der Waals surface area contributed by atoms with Crippen molar-refractivity contribution in [3.63, 3.8) is 0 Å². The first-order valence-electron chi connectivity index (χ1n) is 12.4. The van der Waals surface area contributed by atoms with Crippen LogP contribution in [0.4, 0.5) is 5.95 Å². The van der Waals surface area contributed by atoms with Gasteiger partial charge in [0.25, 0.3) is 0 Å². The monoisotopic (exact) mass is 449 g/mol. The molecule has 2 saturated heterocycles. The van der Waals surface area contributed by atoms with Crippen LogP contribution in [0, 0.1) is 5.92 Å². The Kier molecular flexibility index (Phi) is 8.53. The zero-order chi connectivity index (χ0) is 21.5. The number of piperidine rings is 1. The first-order valence-corrected chi connectivity index (χ1v) is 13.4. The molecule has 0 bridgehead atoms. The van der Waals surface area contributed by atoms with E-state index in [2.05, 4.69) is 31.9 Å². The number of carbonyl (C=O) groups excluding carboxylic acids is 1. The van der Waals surface area contributed by atoms with Crippen molar-refractivity contribution >= 4 is 23.6 Å². The van der Waals surface area contributed by atoms with Crippen LogP contribution in [0.25, 0.3) is 0 Å². The van der Waals surface area contributed by atoms with Gasteiger partial charge in [0.05, 0.1) is 18.4 Å². The lowest BCUT2D eigenvalue weighted by molar-refractivity contribution is -0.119. The van der Waals surface area contributed by atoms with Gasteiger partial charge in [0.2, 0.25) is 11.9 Å². The Morgan fingerprint density at radius 2 is 1.77 bits per heavy atom. The Bertz CT molecular complexity index is 690. The van der Waals surface area contributed by atoms with Crippen molar-refractivity contribution < 1.29 is 9.53 Å². The van der Waals surface area contributed by atoms with E-state index < -0.39 is 0 Å². The largest absolute Gasteiger partial charge is 0.376 e. The van der Waals surface area contributed by atoms with Crippen LogP contribution in [0.2, 0.25) is 0 Å². The van der Waals surface area contributed by atoms with E-state index in [-0.39, 0.29) is 12.0 Å². The molecule has 7 nitrogen and oxygen atoms in total. The topological polar surface area (TPSA) is 72.3 Å². The van der Waals surface area contributed by atoms with Crippen molar-refractivity contribution in [1.82, 2.24) is 20.1 Å². The average molecular weight is 450 g/mol. The fraction of sp³-hybridized carbons (Fsp3) is 0.870. The predicted octanol–water partition coefficient (Wildman–Crippen LogP) is 4.01. The zero-order valence-corrected chi connectivity index (χ0v) is 19.9. The van der Waals surface area contributed by atoms with Gasteiger partial charge in [-0.05, 0) is 44.4 Å². The Hall–Kier alpha value is -1.28. The molecule has 1 aromatic rings. The molecule has 2 aliphatic heterocycles. The first kappa shape index (κ1) is 22.9. The summed E-state index contributed by atoms with van der Waals surface area (Å²) in [5.41, 5.74) is 0. The van der Waals surface area contributed by atoms with Crippen LogP contribution in [0.5, 0.6) is 0 Å². The number of nitrogens with one attached hydrogen (secondary N) is 1. The fourth-order valence-corrected chi connectivity index (χ4v) is 5.74. The van der Waals surface area contributed by atoms with Crippen LogP contribution in [0.3, 0.4) is 0 Å². The van der Waals surface area contributed by atoms with E-state index in [1.54, 1.807) is 0 Å². The molecule has 3 aliphatic rings. The molecular formula is C23H39N5O2S. The smallest absolute Gasteiger partial charge is 0.230 e. The number of hydrogen-bond donors (Lipinski definition) is 1. The summed E-state index contributed by atoms with van der Waals surface area (Å²) in [4.78, 5) is 15.0.